The SMILES string of the molecule is COc1ccc(-n2c(CNc3ccc(C)cc3)nnc2SCC(=O)Nc2ccccc2)cc1. The number of para-hydroxylation sites is 1. The Labute approximate surface area is 197 Å². The van der Waals surface area contributed by atoms with E-state index in [2.05, 4.69) is 39.9 Å². The lowest BCUT2D eigenvalue weighted by atomic mass is 10.2. The number of nitrogens with one attached hydrogen (secondary N) is 2. The average molecular weight is 460 g/mol. The van der Waals surface area contributed by atoms with Gasteiger partial charge in [0, 0.05) is 17.1 Å². The second kappa shape index (κ2) is 10.7. The Morgan fingerprint density at radius 3 is 2.36 bits per heavy atom. The van der Waals surface area contributed by atoms with E-state index in [1.54, 1.807) is 7.11 Å². The molecule has 1 amide bonds. The zero-order valence-electron chi connectivity index (χ0n) is 18.5. The molecule has 0 radical (unpaired) electrons. The predicted molar refractivity (Wildman–Crippen MR) is 132 cm³/mol. The van der Waals surface area contributed by atoms with E-state index in [9.17, 15) is 4.79 Å². The molecule has 168 valence electrons. The number of thioether (sulfide) groups is 1. The van der Waals surface area contributed by atoms with Gasteiger partial charge in [0.15, 0.2) is 11.0 Å². The number of aryl methyl sites for hydroxylation is 1. The van der Waals surface area contributed by atoms with Gasteiger partial charge in [0.25, 0.3) is 0 Å². The Morgan fingerprint density at radius 1 is 0.939 bits per heavy atom. The third-order valence-electron chi connectivity index (χ3n) is 4.92. The highest BCUT2D eigenvalue weighted by Gasteiger charge is 2.16. The molecule has 3 aromatic carbocycles. The van der Waals surface area contributed by atoms with Crippen LogP contribution in [0.4, 0.5) is 11.4 Å². The maximum atomic E-state index is 12.4. The van der Waals surface area contributed by atoms with Crippen molar-refractivity contribution in [3.05, 3.63) is 90.3 Å². The molecule has 0 atom stereocenters. The minimum Gasteiger partial charge on any atom is -0.497 e. The summed E-state index contributed by atoms with van der Waals surface area (Å²) in [6.07, 6.45) is 0. The average Bonchev–Trinajstić information content (AvgIpc) is 3.26. The van der Waals surface area contributed by atoms with Gasteiger partial charge in [-0.2, -0.15) is 0 Å². The van der Waals surface area contributed by atoms with E-state index in [-0.39, 0.29) is 11.7 Å². The number of methoxy groups -OCH3 is 1. The number of rotatable bonds is 9. The summed E-state index contributed by atoms with van der Waals surface area (Å²) in [4.78, 5) is 12.4. The normalized spacial score (nSPS) is 10.6. The molecule has 0 spiro atoms. The van der Waals surface area contributed by atoms with E-state index in [4.69, 9.17) is 4.74 Å². The number of carbonyl (C=O) groups is 1. The van der Waals surface area contributed by atoms with Gasteiger partial charge in [0.2, 0.25) is 5.91 Å². The molecule has 0 aliphatic rings. The van der Waals surface area contributed by atoms with Crippen molar-refractivity contribution in [2.24, 2.45) is 0 Å². The van der Waals surface area contributed by atoms with Crippen LogP contribution in [0.1, 0.15) is 11.4 Å². The molecule has 0 saturated heterocycles. The molecule has 4 aromatic rings. The van der Waals surface area contributed by atoms with Crippen molar-refractivity contribution in [1.29, 1.82) is 0 Å². The zero-order valence-corrected chi connectivity index (χ0v) is 19.3. The van der Waals surface area contributed by atoms with Crippen molar-refractivity contribution in [2.45, 2.75) is 18.6 Å². The summed E-state index contributed by atoms with van der Waals surface area (Å²) in [5.74, 6) is 1.62. The molecule has 0 bridgehead atoms. The first-order valence-electron chi connectivity index (χ1n) is 10.5. The van der Waals surface area contributed by atoms with Crippen molar-refractivity contribution in [1.82, 2.24) is 14.8 Å². The van der Waals surface area contributed by atoms with Gasteiger partial charge in [-0.15, -0.1) is 10.2 Å². The van der Waals surface area contributed by atoms with Gasteiger partial charge in [-0.1, -0.05) is 47.7 Å². The van der Waals surface area contributed by atoms with Crippen LogP contribution in [0.3, 0.4) is 0 Å². The van der Waals surface area contributed by atoms with Crippen molar-refractivity contribution in [2.75, 3.05) is 23.5 Å². The van der Waals surface area contributed by atoms with Crippen LogP contribution in [-0.2, 0) is 11.3 Å². The Kier molecular flexibility index (Phi) is 7.26. The number of nitrogens with zero attached hydrogens (tertiary/aromatic N) is 3. The molecule has 0 fully saturated rings. The highest BCUT2D eigenvalue weighted by atomic mass is 32.2. The fourth-order valence-electron chi connectivity index (χ4n) is 3.20. The molecular formula is C25H25N5O2S. The highest BCUT2D eigenvalue weighted by Crippen LogP contribution is 2.24. The molecule has 0 aliphatic heterocycles. The lowest BCUT2D eigenvalue weighted by molar-refractivity contribution is -0.113. The summed E-state index contributed by atoms with van der Waals surface area (Å²) in [5, 5.41) is 15.7. The third kappa shape index (κ3) is 5.93. The second-order valence-electron chi connectivity index (χ2n) is 7.35. The van der Waals surface area contributed by atoms with Crippen LogP contribution in [-0.4, -0.2) is 33.5 Å². The van der Waals surface area contributed by atoms with Gasteiger partial charge >= 0.3 is 0 Å². The molecule has 0 unspecified atom stereocenters. The largest absolute Gasteiger partial charge is 0.497 e. The van der Waals surface area contributed by atoms with Crippen molar-refractivity contribution < 1.29 is 9.53 Å². The first-order valence-corrected chi connectivity index (χ1v) is 11.5. The summed E-state index contributed by atoms with van der Waals surface area (Å²) < 4.78 is 7.25. The molecule has 2 N–H and O–H groups in total. The van der Waals surface area contributed by atoms with Crippen LogP contribution in [0, 0.1) is 6.92 Å². The van der Waals surface area contributed by atoms with E-state index in [0.29, 0.717) is 11.7 Å². The van der Waals surface area contributed by atoms with Gasteiger partial charge in [-0.3, -0.25) is 9.36 Å². The molecule has 0 aliphatic carbocycles. The van der Waals surface area contributed by atoms with Gasteiger partial charge in [-0.25, -0.2) is 0 Å². The number of anilines is 2. The topological polar surface area (TPSA) is 81.1 Å². The standard InChI is InChI=1S/C25H25N5O2S/c1-18-8-10-19(11-9-18)26-16-23-28-29-25(30(23)21-12-14-22(32-2)15-13-21)33-17-24(31)27-20-6-4-3-5-7-20/h3-15,26H,16-17H2,1-2H3,(H,27,31). The number of carbonyl (C=O) groups excluding carboxylic acids is 1. The number of hydrogen-bond donors (Lipinski definition) is 2. The molecule has 4 rings (SSSR count). The zero-order chi connectivity index (χ0) is 23.0. The lowest BCUT2D eigenvalue weighted by Gasteiger charge is -2.12. The number of hydrogen-bond acceptors (Lipinski definition) is 6. The van der Waals surface area contributed by atoms with Crippen LogP contribution < -0.4 is 15.4 Å². The first kappa shape index (κ1) is 22.4. The lowest BCUT2D eigenvalue weighted by Crippen LogP contribution is -2.14. The van der Waals surface area contributed by atoms with Gasteiger partial charge < -0.3 is 15.4 Å². The fourth-order valence-corrected chi connectivity index (χ4v) is 3.97. The number of aromatic nitrogens is 3. The van der Waals surface area contributed by atoms with Crippen LogP contribution in [0.2, 0.25) is 0 Å². The summed E-state index contributed by atoms with van der Waals surface area (Å²) in [6, 6.07) is 25.3. The number of ether oxygens (including phenoxy) is 1. The van der Waals surface area contributed by atoms with Crippen LogP contribution in [0.15, 0.2) is 84.0 Å². The quantitative estimate of drug-likeness (QED) is 0.346. The molecule has 7 nitrogen and oxygen atoms in total. The fraction of sp³-hybridized carbons (Fsp3) is 0.160. The maximum absolute atomic E-state index is 12.4. The molecule has 0 saturated carbocycles. The Balaban J connectivity index is 1.52. The van der Waals surface area contributed by atoms with E-state index < -0.39 is 0 Å². The third-order valence-corrected chi connectivity index (χ3v) is 5.85. The molecule has 33 heavy (non-hydrogen) atoms. The minimum absolute atomic E-state index is 0.102. The Bertz CT molecular complexity index is 1190. The van der Waals surface area contributed by atoms with E-state index in [1.807, 2.05) is 71.3 Å². The molecule has 8 heteroatoms. The van der Waals surface area contributed by atoms with E-state index >= 15 is 0 Å². The molecule has 1 aromatic heterocycles. The highest BCUT2D eigenvalue weighted by molar-refractivity contribution is 7.99. The number of amides is 1. The van der Waals surface area contributed by atoms with Gasteiger partial charge in [0.1, 0.15) is 5.75 Å². The van der Waals surface area contributed by atoms with Gasteiger partial charge in [0.05, 0.1) is 19.4 Å². The maximum Gasteiger partial charge on any atom is 0.234 e. The van der Waals surface area contributed by atoms with Crippen LogP contribution in [0.25, 0.3) is 5.69 Å². The van der Waals surface area contributed by atoms with Crippen molar-refractivity contribution in [3.63, 3.8) is 0 Å². The second-order valence-corrected chi connectivity index (χ2v) is 8.30. The van der Waals surface area contributed by atoms with Gasteiger partial charge in [-0.05, 0) is 55.5 Å². The van der Waals surface area contributed by atoms with E-state index in [1.165, 1.54) is 17.3 Å². The monoisotopic (exact) mass is 459 g/mol. The first-order chi connectivity index (χ1) is 16.1. The smallest absolute Gasteiger partial charge is 0.234 e. The Hall–Kier alpha value is -3.78. The molecular weight excluding hydrogens is 434 g/mol. The summed E-state index contributed by atoms with van der Waals surface area (Å²) in [6.45, 7) is 2.54. The van der Waals surface area contributed by atoms with E-state index in [0.717, 1.165) is 28.6 Å². The summed E-state index contributed by atoms with van der Waals surface area (Å²) in [7, 11) is 1.64. The van der Waals surface area contributed by atoms with Crippen molar-refractivity contribution in [3.8, 4) is 11.4 Å². The van der Waals surface area contributed by atoms with Crippen LogP contribution >= 0.6 is 11.8 Å². The predicted octanol–water partition coefficient (Wildman–Crippen LogP) is 4.93. The molecule has 1 heterocycles. The van der Waals surface area contributed by atoms with Crippen LogP contribution in [0.5, 0.6) is 5.75 Å². The summed E-state index contributed by atoms with van der Waals surface area (Å²) in [5.41, 5.74) is 3.87. The minimum atomic E-state index is -0.102. The van der Waals surface area contributed by atoms with Crippen molar-refractivity contribution >= 4 is 29.0 Å². The number of benzene rings is 3. The summed E-state index contributed by atoms with van der Waals surface area (Å²) >= 11 is 1.34. The Morgan fingerprint density at radius 2 is 1.67 bits per heavy atom.